The molecule has 0 aliphatic heterocycles. The number of halogens is 1. The fraction of sp³-hybridized carbons (Fsp3) is 0.130. The lowest BCUT2D eigenvalue weighted by Gasteiger charge is -2.06. The standard InChI is InChI=1S/C23H20BrN3O3/c24-18-3-1-4-20(15-18)29-16-21-9-10-22(30-21)23(28)25-13-11-17-5-7-19(8-6-17)27-14-2-12-26-27/h1-10,12,14-15H,11,13,16H2,(H,25,28). The predicted molar refractivity (Wildman–Crippen MR) is 117 cm³/mol. The van der Waals surface area contributed by atoms with Crippen molar-refractivity contribution in [2.45, 2.75) is 13.0 Å². The van der Waals surface area contributed by atoms with Gasteiger partial charge in [-0.3, -0.25) is 4.79 Å². The molecule has 0 saturated heterocycles. The number of carbonyl (C=O) groups is 1. The quantitative estimate of drug-likeness (QED) is 0.406. The van der Waals surface area contributed by atoms with E-state index in [4.69, 9.17) is 9.15 Å². The second-order valence-electron chi connectivity index (χ2n) is 6.63. The van der Waals surface area contributed by atoms with Gasteiger partial charge in [-0.1, -0.05) is 34.1 Å². The maximum absolute atomic E-state index is 12.3. The second-order valence-corrected chi connectivity index (χ2v) is 7.55. The minimum Gasteiger partial charge on any atom is -0.486 e. The number of nitrogens with zero attached hydrogens (tertiary/aromatic N) is 2. The zero-order chi connectivity index (χ0) is 20.8. The molecule has 2 heterocycles. The smallest absolute Gasteiger partial charge is 0.287 e. The molecular weight excluding hydrogens is 446 g/mol. The van der Waals surface area contributed by atoms with Gasteiger partial charge in [0.05, 0.1) is 5.69 Å². The van der Waals surface area contributed by atoms with Gasteiger partial charge in [-0.25, -0.2) is 4.68 Å². The molecule has 1 N–H and O–H groups in total. The summed E-state index contributed by atoms with van der Waals surface area (Å²) in [4.78, 5) is 12.3. The maximum Gasteiger partial charge on any atom is 0.287 e. The van der Waals surface area contributed by atoms with Crippen LogP contribution in [0.3, 0.4) is 0 Å². The number of benzene rings is 2. The number of carbonyl (C=O) groups excluding carboxylic acids is 1. The first-order chi connectivity index (χ1) is 14.7. The van der Waals surface area contributed by atoms with Crippen molar-refractivity contribution in [1.29, 1.82) is 0 Å². The van der Waals surface area contributed by atoms with E-state index in [2.05, 4.69) is 26.3 Å². The van der Waals surface area contributed by atoms with Crippen LogP contribution in [0.25, 0.3) is 5.69 Å². The van der Waals surface area contributed by atoms with Gasteiger partial charge < -0.3 is 14.5 Å². The van der Waals surface area contributed by atoms with Gasteiger partial charge in [-0.2, -0.15) is 5.10 Å². The van der Waals surface area contributed by atoms with Crippen molar-refractivity contribution < 1.29 is 13.9 Å². The Kier molecular flexibility index (Phi) is 6.29. The Morgan fingerprint density at radius 3 is 2.73 bits per heavy atom. The summed E-state index contributed by atoms with van der Waals surface area (Å²) in [7, 11) is 0. The summed E-state index contributed by atoms with van der Waals surface area (Å²) in [5.74, 6) is 1.36. The third-order valence-corrected chi connectivity index (χ3v) is 4.96. The molecule has 4 aromatic rings. The molecule has 2 aromatic heterocycles. The minimum absolute atomic E-state index is 0.239. The SMILES string of the molecule is O=C(NCCc1ccc(-n2cccn2)cc1)c1ccc(COc2cccc(Br)c2)o1. The number of hydrogen-bond acceptors (Lipinski definition) is 4. The monoisotopic (exact) mass is 465 g/mol. The van der Waals surface area contributed by atoms with Crippen molar-refractivity contribution in [3.05, 3.63) is 101 Å². The van der Waals surface area contributed by atoms with E-state index >= 15 is 0 Å². The summed E-state index contributed by atoms with van der Waals surface area (Å²) in [6.07, 6.45) is 4.37. The normalized spacial score (nSPS) is 10.7. The Morgan fingerprint density at radius 2 is 1.97 bits per heavy atom. The van der Waals surface area contributed by atoms with E-state index in [0.29, 0.717) is 12.3 Å². The second kappa shape index (κ2) is 9.45. The molecule has 1 amide bonds. The zero-order valence-corrected chi connectivity index (χ0v) is 17.7. The summed E-state index contributed by atoms with van der Waals surface area (Å²) in [5, 5.41) is 7.10. The number of furan rings is 1. The van der Waals surface area contributed by atoms with Crippen molar-refractivity contribution in [3.8, 4) is 11.4 Å². The molecule has 0 aliphatic rings. The van der Waals surface area contributed by atoms with E-state index in [1.807, 2.05) is 60.8 Å². The largest absolute Gasteiger partial charge is 0.486 e. The third kappa shape index (κ3) is 5.18. The summed E-state index contributed by atoms with van der Waals surface area (Å²) in [6, 6.07) is 20.9. The summed E-state index contributed by atoms with van der Waals surface area (Å²) in [6.45, 7) is 0.775. The molecule has 2 aromatic carbocycles. The molecule has 0 aliphatic carbocycles. The Hall–Kier alpha value is -3.32. The highest BCUT2D eigenvalue weighted by Crippen LogP contribution is 2.19. The topological polar surface area (TPSA) is 69.3 Å². The van der Waals surface area contributed by atoms with E-state index in [9.17, 15) is 4.79 Å². The van der Waals surface area contributed by atoms with E-state index in [1.54, 1.807) is 23.0 Å². The Bertz CT molecular complexity index is 1100. The average molecular weight is 466 g/mol. The zero-order valence-electron chi connectivity index (χ0n) is 16.1. The molecule has 0 saturated carbocycles. The number of rotatable bonds is 8. The van der Waals surface area contributed by atoms with Crippen molar-refractivity contribution >= 4 is 21.8 Å². The van der Waals surface area contributed by atoms with Gasteiger partial charge in [0.2, 0.25) is 0 Å². The van der Waals surface area contributed by atoms with Gasteiger partial charge in [0.25, 0.3) is 5.91 Å². The van der Waals surface area contributed by atoms with Crippen LogP contribution >= 0.6 is 15.9 Å². The predicted octanol–water partition coefficient (Wildman–Crippen LogP) is 4.78. The number of ether oxygens (including phenoxy) is 1. The minimum atomic E-state index is -0.239. The first kappa shape index (κ1) is 20.0. The molecule has 0 fully saturated rings. The van der Waals surface area contributed by atoms with Crippen LogP contribution in [0.5, 0.6) is 5.75 Å². The van der Waals surface area contributed by atoms with Crippen molar-refractivity contribution in [2.24, 2.45) is 0 Å². The Balaban J connectivity index is 1.24. The highest BCUT2D eigenvalue weighted by molar-refractivity contribution is 9.10. The lowest BCUT2D eigenvalue weighted by atomic mass is 10.1. The van der Waals surface area contributed by atoms with Crippen LogP contribution in [-0.2, 0) is 13.0 Å². The molecule has 0 bridgehead atoms. The van der Waals surface area contributed by atoms with Gasteiger partial charge in [0.15, 0.2) is 5.76 Å². The van der Waals surface area contributed by atoms with Crippen LogP contribution in [0.1, 0.15) is 21.9 Å². The summed E-state index contributed by atoms with van der Waals surface area (Å²) in [5.41, 5.74) is 2.13. The number of hydrogen-bond donors (Lipinski definition) is 1. The first-order valence-electron chi connectivity index (χ1n) is 9.51. The van der Waals surface area contributed by atoms with Gasteiger partial charge >= 0.3 is 0 Å². The number of nitrogens with one attached hydrogen (secondary N) is 1. The molecule has 30 heavy (non-hydrogen) atoms. The fourth-order valence-electron chi connectivity index (χ4n) is 2.93. The first-order valence-corrected chi connectivity index (χ1v) is 10.3. The molecule has 4 rings (SSSR count). The lowest BCUT2D eigenvalue weighted by molar-refractivity contribution is 0.0922. The van der Waals surface area contributed by atoms with Gasteiger partial charge in [-0.15, -0.1) is 0 Å². The van der Waals surface area contributed by atoms with Crippen LogP contribution in [0.4, 0.5) is 0 Å². The Labute approximate surface area is 182 Å². The molecular formula is C23H20BrN3O3. The number of aromatic nitrogens is 2. The summed E-state index contributed by atoms with van der Waals surface area (Å²) < 4.78 is 14.0. The number of amides is 1. The molecule has 0 radical (unpaired) electrons. The van der Waals surface area contributed by atoms with Crippen LogP contribution in [-0.4, -0.2) is 22.2 Å². The van der Waals surface area contributed by atoms with Crippen molar-refractivity contribution in [1.82, 2.24) is 15.1 Å². The van der Waals surface area contributed by atoms with Crippen molar-refractivity contribution in [2.75, 3.05) is 6.54 Å². The van der Waals surface area contributed by atoms with E-state index in [-0.39, 0.29) is 18.3 Å². The average Bonchev–Trinajstić information content (AvgIpc) is 3.45. The Morgan fingerprint density at radius 1 is 1.10 bits per heavy atom. The maximum atomic E-state index is 12.3. The van der Waals surface area contributed by atoms with Crippen LogP contribution in [0, 0.1) is 0 Å². The molecule has 7 heteroatoms. The highest BCUT2D eigenvalue weighted by Gasteiger charge is 2.11. The van der Waals surface area contributed by atoms with Crippen LogP contribution < -0.4 is 10.1 Å². The fourth-order valence-corrected chi connectivity index (χ4v) is 3.31. The molecule has 0 unspecified atom stereocenters. The summed E-state index contributed by atoms with van der Waals surface area (Å²) >= 11 is 3.40. The molecule has 6 nitrogen and oxygen atoms in total. The van der Waals surface area contributed by atoms with E-state index < -0.39 is 0 Å². The van der Waals surface area contributed by atoms with Crippen LogP contribution in [0.15, 0.2) is 88.0 Å². The third-order valence-electron chi connectivity index (χ3n) is 4.47. The van der Waals surface area contributed by atoms with E-state index in [1.165, 1.54) is 0 Å². The molecule has 0 atom stereocenters. The van der Waals surface area contributed by atoms with Crippen molar-refractivity contribution in [3.63, 3.8) is 0 Å². The van der Waals surface area contributed by atoms with Gasteiger partial charge in [-0.05, 0) is 60.5 Å². The van der Waals surface area contributed by atoms with Crippen LogP contribution in [0.2, 0.25) is 0 Å². The highest BCUT2D eigenvalue weighted by atomic mass is 79.9. The van der Waals surface area contributed by atoms with Gasteiger partial charge in [0.1, 0.15) is 18.1 Å². The molecule has 0 spiro atoms. The van der Waals surface area contributed by atoms with Gasteiger partial charge in [0, 0.05) is 23.4 Å². The molecule has 152 valence electrons. The lowest BCUT2D eigenvalue weighted by Crippen LogP contribution is -2.25. The van der Waals surface area contributed by atoms with E-state index in [0.717, 1.165) is 27.9 Å².